The third kappa shape index (κ3) is 3.66. The summed E-state index contributed by atoms with van der Waals surface area (Å²) in [4.78, 5) is 31.9. The van der Waals surface area contributed by atoms with Gasteiger partial charge >= 0.3 is 0 Å². The molecule has 1 aliphatic rings. The van der Waals surface area contributed by atoms with E-state index in [1.807, 2.05) is 0 Å². The number of H-pyrrole nitrogens is 1. The molecular formula is C22H22N4O5. The van der Waals surface area contributed by atoms with Gasteiger partial charge in [0.05, 0.1) is 10.9 Å². The van der Waals surface area contributed by atoms with Crippen LogP contribution in [0.25, 0.3) is 17.0 Å². The second kappa shape index (κ2) is 7.88. The Labute approximate surface area is 177 Å². The third-order valence-corrected chi connectivity index (χ3v) is 5.59. The number of piperazine rings is 1. The van der Waals surface area contributed by atoms with Gasteiger partial charge in [0, 0.05) is 32.8 Å². The van der Waals surface area contributed by atoms with E-state index in [0.29, 0.717) is 22.0 Å². The second-order valence-electron chi connectivity index (χ2n) is 7.50. The van der Waals surface area contributed by atoms with Crippen molar-refractivity contribution < 1.29 is 25.1 Å². The lowest BCUT2D eigenvalue weighted by atomic mass is 9.99. The Morgan fingerprint density at radius 1 is 1.19 bits per heavy atom. The summed E-state index contributed by atoms with van der Waals surface area (Å²) in [6, 6.07) is 10.6. The maximum atomic E-state index is 13.1. The van der Waals surface area contributed by atoms with E-state index in [0.717, 1.165) is 0 Å². The van der Waals surface area contributed by atoms with E-state index in [1.54, 1.807) is 43.6 Å². The molecule has 9 nitrogen and oxygen atoms in total. The smallest absolute Gasteiger partial charge is 0.271 e. The molecule has 2 aromatic carbocycles. The largest absolute Gasteiger partial charge is 0.595 e. The van der Waals surface area contributed by atoms with E-state index in [9.17, 15) is 25.1 Å². The molecule has 160 valence electrons. The predicted molar refractivity (Wildman–Crippen MR) is 113 cm³/mol. The molecule has 4 N–H and O–H groups in total. The number of nitrogens with one attached hydrogen (secondary N) is 2. The van der Waals surface area contributed by atoms with Crippen LogP contribution >= 0.6 is 0 Å². The molecule has 2 amide bonds. The molecule has 0 saturated carbocycles. The van der Waals surface area contributed by atoms with Crippen LogP contribution in [0.1, 0.15) is 11.1 Å². The summed E-state index contributed by atoms with van der Waals surface area (Å²) in [6.07, 6.45) is 3.41. The van der Waals surface area contributed by atoms with E-state index in [-0.39, 0.29) is 35.4 Å². The van der Waals surface area contributed by atoms with Crippen molar-refractivity contribution >= 4 is 34.5 Å². The van der Waals surface area contributed by atoms with Crippen molar-refractivity contribution in [2.45, 2.75) is 12.5 Å². The molecule has 0 aliphatic carbocycles. The van der Waals surface area contributed by atoms with Crippen LogP contribution in [-0.4, -0.2) is 57.0 Å². The summed E-state index contributed by atoms with van der Waals surface area (Å²) in [5, 5.41) is 30.3. The first-order valence-electron chi connectivity index (χ1n) is 9.65. The molecule has 4 rings (SSSR count). The topological polar surface area (TPSA) is 124 Å². The maximum Gasteiger partial charge on any atom is 0.271 e. The number of nitrogens with zero attached hydrogens (tertiary/aromatic N) is 2. The molecule has 0 bridgehead atoms. The Balaban J connectivity index is 1.67. The van der Waals surface area contributed by atoms with Gasteiger partial charge in [0.25, 0.3) is 5.91 Å². The summed E-state index contributed by atoms with van der Waals surface area (Å²) in [7, 11) is 3.09. The lowest BCUT2D eigenvalue weighted by Crippen LogP contribution is -2.99. The minimum Gasteiger partial charge on any atom is -0.595 e. The molecule has 2 atom stereocenters. The molecule has 31 heavy (non-hydrogen) atoms. The van der Waals surface area contributed by atoms with Gasteiger partial charge in [0.15, 0.2) is 5.69 Å². The molecule has 1 aromatic heterocycles. The monoisotopic (exact) mass is 422 g/mol. The van der Waals surface area contributed by atoms with E-state index in [1.165, 1.54) is 35.0 Å². The van der Waals surface area contributed by atoms with Crippen molar-refractivity contribution in [1.29, 1.82) is 0 Å². The first-order chi connectivity index (χ1) is 14.8. The third-order valence-electron chi connectivity index (χ3n) is 5.59. The number of hydrogen-bond acceptors (Lipinski definition) is 5. The number of aromatic amines is 1. The molecule has 0 radical (unpaired) electrons. The number of quaternary nitrogens is 1. The first kappa shape index (κ1) is 20.6. The molecule has 1 aliphatic heterocycles. The number of aromatic hydroxyl groups is 1. The van der Waals surface area contributed by atoms with Gasteiger partial charge in [0.1, 0.15) is 17.5 Å². The zero-order valence-corrected chi connectivity index (χ0v) is 17.0. The van der Waals surface area contributed by atoms with Crippen LogP contribution in [0.5, 0.6) is 5.75 Å². The summed E-state index contributed by atoms with van der Waals surface area (Å²) in [6.45, 7) is 0. The van der Waals surface area contributed by atoms with Gasteiger partial charge in [0.2, 0.25) is 5.91 Å². The number of benzene rings is 2. The molecule has 2 heterocycles. The molecule has 1 saturated heterocycles. The fraction of sp³-hybridized carbons (Fsp3) is 0.182. The highest BCUT2D eigenvalue weighted by atomic mass is 16.8. The van der Waals surface area contributed by atoms with Gasteiger partial charge in [-0.3, -0.25) is 9.59 Å². The lowest BCUT2D eigenvalue weighted by molar-refractivity contribution is -0.990. The van der Waals surface area contributed by atoms with Crippen LogP contribution in [0.2, 0.25) is 0 Å². The Morgan fingerprint density at radius 2 is 1.94 bits per heavy atom. The molecule has 1 unspecified atom stereocenters. The number of likely N-dealkylation sites (N-methyl/N-ethyl adjacent to an activating group) is 2. The van der Waals surface area contributed by atoms with Crippen LogP contribution in [0.4, 0.5) is 5.69 Å². The van der Waals surface area contributed by atoms with Gasteiger partial charge in [-0.05, 0) is 35.4 Å². The Hall–Kier alpha value is -3.66. The van der Waals surface area contributed by atoms with Crippen LogP contribution in [0.15, 0.2) is 54.4 Å². The van der Waals surface area contributed by atoms with Crippen molar-refractivity contribution in [2.24, 2.45) is 0 Å². The van der Waals surface area contributed by atoms with E-state index < -0.39 is 11.3 Å². The fourth-order valence-electron chi connectivity index (χ4n) is 3.93. The quantitative estimate of drug-likeness (QED) is 0.371. The number of hydrogen-bond donors (Lipinski definition) is 4. The zero-order chi connectivity index (χ0) is 22.3. The van der Waals surface area contributed by atoms with Crippen molar-refractivity contribution in [1.82, 2.24) is 14.8 Å². The number of rotatable bonds is 4. The van der Waals surface area contributed by atoms with Crippen LogP contribution in [0.3, 0.4) is 0 Å². The number of aromatic nitrogens is 1. The van der Waals surface area contributed by atoms with Crippen LogP contribution < -0.4 is 5.23 Å². The maximum absolute atomic E-state index is 13.1. The first-order valence-corrected chi connectivity index (χ1v) is 9.65. The molecule has 1 fully saturated rings. The highest BCUT2D eigenvalue weighted by molar-refractivity contribution is 6.07. The molecule has 9 heteroatoms. The number of carbonyl (C=O) groups is 2. The average molecular weight is 422 g/mol. The summed E-state index contributed by atoms with van der Waals surface area (Å²) >= 11 is 0. The van der Waals surface area contributed by atoms with Gasteiger partial charge in [-0.1, -0.05) is 18.2 Å². The number of amides is 2. The molecular weight excluding hydrogens is 400 g/mol. The van der Waals surface area contributed by atoms with Crippen molar-refractivity contribution in [3.05, 3.63) is 70.7 Å². The van der Waals surface area contributed by atoms with Gasteiger partial charge in [-0.25, -0.2) is 5.21 Å². The molecule has 3 aromatic rings. The fourth-order valence-corrected chi connectivity index (χ4v) is 3.93. The van der Waals surface area contributed by atoms with E-state index in [4.69, 9.17) is 0 Å². The van der Waals surface area contributed by atoms with Gasteiger partial charge in [-0.15, -0.1) is 0 Å². The van der Waals surface area contributed by atoms with Crippen LogP contribution in [0, 0.1) is 5.21 Å². The standard InChI is InChI=1S/C22H22N4O5/c1-24-18(10-13-5-3-6-15(27)9-13)21(28)25(2)19(22(24)29)11-14-12-23-16-7-4-8-17(20(14)16)26(30)31/h3-10,12,19,23,26-27,30H,11H2,1-2H3/b18-10+/t19-/m0/s1. The average Bonchev–Trinajstić information content (AvgIpc) is 3.16. The van der Waals surface area contributed by atoms with Gasteiger partial charge < -0.3 is 25.1 Å². The van der Waals surface area contributed by atoms with Crippen LogP contribution in [-0.2, 0) is 16.0 Å². The highest BCUT2D eigenvalue weighted by Gasteiger charge is 2.39. The van der Waals surface area contributed by atoms with Crippen molar-refractivity contribution in [2.75, 3.05) is 14.1 Å². The number of phenolic OH excluding ortho intramolecular Hbond substituents is 1. The SMILES string of the molecule is CN1C(=O)[C@H](Cc2c[nH]c3cccc([NH+]([O-])O)c23)N(C)C(=O)/C1=C\c1cccc(O)c1. The van der Waals surface area contributed by atoms with Gasteiger partial charge in [-0.2, -0.15) is 5.23 Å². The molecule has 0 spiro atoms. The number of phenols is 1. The minimum absolute atomic E-state index is 0.0615. The summed E-state index contributed by atoms with van der Waals surface area (Å²) in [5.41, 5.74) is 2.24. The van der Waals surface area contributed by atoms with Crippen molar-refractivity contribution in [3.8, 4) is 5.75 Å². The Kier molecular flexibility index (Phi) is 5.24. The Bertz CT molecular complexity index is 1200. The summed E-state index contributed by atoms with van der Waals surface area (Å²) in [5.74, 6) is -0.559. The van der Waals surface area contributed by atoms with Crippen molar-refractivity contribution in [3.63, 3.8) is 0 Å². The summed E-state index contributed by atoms with van der Waals surface area (Å²) < 4.78 is 0. The highest BCUT2D eigenvalue weighted by Crippen LogP contribution is 2.29. The van der Waals surface area contributed by atoms with E-state index >= 15 is 0 Å². The predicted octanol–water partition coefficient (Wildman–Crippen LogP) is 1.16. The second-order valence-corrected chi connectivity index (χ2v) is 7.50. The zero-order valence-electron chi connectivity index (χ0n) is 17.0. The number of carbonyl (C=O) groups excluding carboxylic acids is 2. The normalized spacial score (nSPS) is 19.5. The van der Waals surface area contributed by atoms with E-state index in [2.05, 4.69) is 4.98 Å². The Morgan fingerprint density at radius 3 is 2.65 bits per heavy atom. The lowest BCUT2D eigenvalue weighted by Gasteiger charge is -2.38. The number of fused-ring (bicyclic) bond motifs is 1. The minimum atomic E-state index is -1.06.